The quantitative estimate of drug-likeness (QED) is 0.766. The molecule has 1 aromatic rings. The summed E-state index contributed by atoms with van der Waals surface area (Å²) in [6, 6.07) is 4.82. The fourth-order valence-electron chi connectivity index (χ4n) is 1.95. The van der Waals surface area contributed by atoms with Crippen molar-refractivity contribution in [2.75, 3.05) is 10.6 Å². The molecule has 4 N–H and O–H groups in total. The number of amides is 2. The molecule has 5 nitrogen and oxygen atoms in total. The number of nitrogens with two attached hydrogens (primary N) is 1. The van der Waals surface area contributed by atoms with Crippen molar-refractivity contribution in [2.45, 2.75) is 53.5 Å². The van der Waals surface area contributed by atoms with Gasteiger partial charge in [0.1, 0.15) is 0 Å². The van der Waals surface area contributed by atoms with Crippen molar-refractivity contribution in [2.24, 2.45) is 11.1 Å². The minimum Gasteiger partial charge on any atom is -0.326 e. The lowest BCUT2D eigenvalue weighted by atomic mass is 9.87. The number of carbonyl (C=O) groups is 2. The van der Waals surface area contributed by atoms with E-state index in [0.29, 0.717) is 17.8 Å². The molecule has 6 heteroatoms. The Hall–Kier alpha value is -1.59. The summed E-state index contributed by atoms with van der Waals surface area (Å²) < 4.78 is 0. The standard InChI is InChI=1S/C17H27N3O2.ClH/c1-6-8-14(21)19-12-9-7-10-13(11(12)2)20-16(22)15(18)17(3,4)5;/h7,9-10,15H,6,8,18H2,1-5H3,(H,19,21)(H,20,22);1H/t15-;/m1./s1. The van der Waals surface area contributed by atoms with Crippen LogP contribution < -0.4 is 16.4 Å². The summed E-state index contributed by atoms with van der Waals surface area (Å²) in [6.07, 6.45) is 1.27. The molecule has 0 radical (unpaired) electrons. The van der Waals surface area contributed by atoms with Crippen LogP contribution >= 0.6 is 12.4 Å². The lowest BCUT2D eigenvalue weighted by Gasteiger charge is -2.26. The van der Waals surface area contributed by atoms with Gasteiger partial charge < -0.3 is 16.4 Å². The first-order valence-electron chi connectivity index (χ1n) is 7.62. The van der Waals surface area contributed by atoms with Gasteiger partial charge in [-0.05, 0) is 36.5 Å². The molecule has 0 aliphatic carbocycles. The average Bonchev–Trinajstić information content (AvgIpc) is 2.41. The highest BCUT2D eigenvalue weighted by atomic mass is 35.5. The van der Waals surface area contributed by atoms with E-state index >= 15 is 0 Å². The summed E-state index contributed by atoms with van der Waals surface area (Å²) in [5, 5.41) is 5.71. The van der Waals surface area contributed by atoms with Crippen LogP contribution in [0, 0.1) is 12.3 Å². The van der Waals surface area contributed by atoms with E-state index < -0.39 is 6.04 Å². The Bertz CT molecular complexity index is 553. The normalized spacial score (nSPS) is 12.1. The molecule has 0 aliphatic rings. The molecule has 0 saturated carbocycles. The van der Waals surface area contributed by atoms with E-state index in [0.717, 1.165) is 12.0 Å². The molecule has 1 rings (SSSR count). The molecule has 0 aromatic heterocycles. The van der Waals surface area contributed by atoms with E-state index in [1.165, 1.54) is 0 Å². The van der Waals surface area contributed by atoms with Crippen molar-refractivity contribution in [1.29, 1.82) is 0 Å². The summed E-state index contributed by atoms with van der Waals surface area (Å²) in [5.41, 5.74) is 7.85. The zero-order chi connectivity index (χ0) is 16.9. The van der Waals surface area contributed by atoms with Gasteiger partial charge >= 0.3 is 0 Å². The predicted octanol–water partition coefficient (Wildman–Crippen LogP) is 3.47. The lowest BCUT2D eigenvalue weighted by molar-refractivity contribution is -0.119. The first-order chi connectivity index (χ1) is 10.2. The summed E-state index contributed by atoms with van der Waals surface area (Å²) in [6.45, 7) is 9.58. The van der Waals surface area contributed by atoms with Gasteiger partial charge in [0.2, 0.25) is 11.8 Å². The Kier molecular flexibility index (Phi) is 8.28. The van der Waals surface area contributed by atoms with Gasteiger partial charge in [-0.25, -0.2) is 0 Å². The van der Waals surface area contributed by atoms with Crippen molar-refractivity contribution in [3.63, 3.8) is 0 Å². The molecule has 2 amide bonds. The number of carbonyl (C=O) groups excluding carboxylic acids is 2. The Morgan fingerprint density at radius 1 is 1.17 bits per heavy atom. The minimum atomic E-state index is -0.606. The van der Waals surface area contributed by atoms with Crippen LogP contribution in [0.3, 0.4) is 0 Å². The first kappa shape index (κ1) is 21.4. The highest BCUT2D eigenvalue weighted by Crippen LogP contribution is 2.25. The molecular formula is C17H28ClN3O2. The molecule has 130 valence electrons. The molecule has 0 spiro atoms. The van der Waals surface area contributed by atoms with Gasteiger partial charge in [-0.3, -0.25) is 9.59 Å². The predicted molar refractivity (Wildman–Crippen MR) is 98.0 cm³/mol. The van der Waals surface area contributed by atoms with Crippen LogP contribution in [0.25, 0.3) is 0 Å². The maximum absolute atomic E-state index is 12.2. The number of anilines is 2. The minimum absolute atomic E-state index is 0. The van der Waals surface area contributed by atoms with Gasteiger partial charge in [0.05, 0.1) is 6.04 Å². The average molecular weight is 342 g/mol. The maximum atomic E-state index is 12.2. The number of nitrogens with one attached hydrogen (secondary N) is 2. The molecule has 1 atom stereocenters. The molecular weight excluding hydrogens is 314 g/mol. The van der Waals surface area contributed by atoms with Crippen molar-refractivity contribution < 1.29 is 9.59 Å². The van der Waals surface area contributed by atoms with Gasteiger partial charge in [0, 0.05) is 17.8 Å². The molecule has 0 saturated heterocycles. The number of hydrogen-bond donors (Lipinski definition) is 3. The number of hydrogen-bond acceptors (Lipinski definition) is 3. The van der Waals surface area contributed by atoms with Crippen LogP contribution in [0.2, 0.25) is 0 Å². The van der Waals surface area contributed by atoms with Crippen LogP contribution in [-0.2, 0) is 9.59 Å². The van der Waals surface area contributed by atoms with Gasteiger partial charge in [0.25, 0.3) is 0 Å². The number of halogens is 1. The summed E-state index contributed by atoms with van der Waals surface area (Å²) in [5.74, 6) is -0.256. The van der Waals surface area contributed by atoms with Gasteiger partial charge in [-0.1, -0.05) is 33.8 Å². The Labute approximate surface area is 144 Å². The largest absolute Gasteiger partial charge is 0.326 e. The third-order valence-electron chi connectivity index (χ3n) is 3.56. The van der Waals surface area contributed by atoms with Crippen molar-refractivity contribution in [1.82, 2.24) is 0 Å². The fraction of sp³-hybridized carbons (Fsp3) is 0.529. The second-order valence-corrected chi connectivity index (χ2v) is 6.61. The van der Waals surface area contributed by atoms with E-state index in [-0.39, 0.29) is 29.6 Å². The first-order valence-corrected chi connectivity index (χ1v) is 7.62. The molecule has 0 fully saturated rings. The SMILES string of the molecule is CCCC(=O)Nc1cccc(NC(=O)[C@@H](N)C(C)(C)C)c1C.Cl. The summed E-state index contributed by atoms with van der Waals surface area (Å²) >= 11 is 0. The topological polar surface area (TPSA) is 84.2 Å². The van der Waals surface area contributed by atoms with E-state index in [4.69, 9.17) is 5.73 Å². The molecule has 0 aliphatic heterocycles. The van der Waals surface area contributed by atoms with Gasteiger partial charge in [0.15, 0.2) is 0 Å². The molecule has 0 unspecified atom stereocenters. The van der Waals surface area contributed by atoms with Gasteiger partial charge in [-0.2, -0.15) is 0 Å². The van der Waals surface area contributed by atoms with Crippen LogP contribution in [-0.4, -0.2) is 17.9 Å². The third kappa shape index (κ3) is 6.20. The number of benzene rings is 1. The van der Waals surface area contributed by atoms with Crippen molar-refractivity contribution >= 4 is 35.6 Å². The fourth-order valence-corrected chi connectivity index (χ4v) is 1.95. The van der Waals surface area contributed by atoms with E-state index in [1.54, 1.807) is 12.1 Å². The highest BCUT2D eigenvalue weighted by Gasteiger charge is 2.27. The zero-order valence-electron chi connectivity index (χ0n) is 14.5. The second-order valence-electron chi connectivity index (χ2n) is 6.61. The van der Waals surface area contributed by atoms with E-state index in [2.05, 4.69) is 10.6 Å². The smallest absolute Gasteiger partial charge is 0.241 e. The van der Waals surface area contributed by atoms with Crippen LogP contribution in [0.5, 0.6) is 0 Å². The maximum Gasteiger partial charge on any atom is 0.241 e. The molecule has 1 aromatic carbocycles. The molecule has 0 heterocycles. The van der Waals surface area contributed by atoms with Gasteiger partial charge in [-0.15, -0.1) is 12.4 Å². The lowest BCUT2D eigenvalue weighted by Crippen LogP contribution is -2.45. The van der Waals surface area contributed by atoms with E-state index in [9.17, 15) is 9.59 Å². The third-order valence-corrected chi connectivity index (χ3v) is 3.56. The zero-order valence-corrected chi connectivity index (χ0v) is 15.3. The van der Waals surface area contributed by atoms with Crippen LogP contribution in [0.4, 0.5) is 11.4 Å². The monoisotopic (exact) mass is 341 g/mol. The highest BCUT2D eigenvalue weighted by molar-refractivity contribution is 5.98. The Morgan fingerprint density at radius 3 is 2.17 bits per heavy atom. The molecule has 23 heavy (non-hydrogen) atoms. The molecule has 0 bridgehead atoms. The summed E-state index contributed by atoms with van der Waals surface area (Å²) in [7, 11) is 0. The Morgan fingerprint density at radius 2 is 1.70 bits per heavy atom. The number of rotatable bonds is 5. The van der Waals surface area contributed by atoms with Crippen molar-refractivity contribution in [3.8, 4) is 0 Å². The van der Waals surface area contributed by atoms with Crippen LogP contribution in [0.15, 0.2) is 18.2 Å². The Balaban J connectivity index is 0.00000484. The van der Waals surface area contributed by atoms with Crippen LogP contribution in [0.1, 0.15) is 46.1 Å². The second kappa shape index (κ2) is 8.89. The summed E-state index contributed by atoms with van der Waals surface area (Å²) in [4.78, 5) is 23.9. The van der Waals surface area contributed by atoms with Crippen molar-refractivity contribution in [3.05, 3.63) is 23.8 Å². The van der Waals surface area contributed by atoms with E-state index in [1.807, 2.05) is 40.7 Å².